The molecule has 0 fully saturated rings. The lowest BCUT2D eigenvalue weighted by Gasteiger charge is -2.32. The summed E-state index contributed by atoms with van der Waals surface area (Å²) in [5.74, 6) is -1.19. The van der Waals surface area contributed by atoms with Crippen molar-refractivity contribution in [1.82, 2.24) is 0 Å². The molecule has 0 bridgehead atoms. The van der Waals surface area contributed by atoms with E-state index >= 15 is 0 Å². The fourth-order valence-corrected chi connectivity index (χ4v) is 4.93. The largest absolute Gasteiger partial charge is 0.299 e. The Morgan fingerprint density at radius 2 is 1.33 bits per heavy atom. The van der Waals surface area contributed by atoms with Gasteiger partial charge in [-0.25, -0.2) is 0 Å². The molecule has 3 aromatic carbocycles. The van der Waals surface area contributed by atoms with Crippen LogP contribution in [0.3, 0.4) is 0 Å². The van der Waals surface area contributed by atoms with Crippen LogP contribution in [0.25, 0.3) is 0 Å². The van der Waals surface area contributed by atoms with Crippen molar-refractivity contribution in [2.45, 2.75) is 29.6 Å². The minimum absolute atomic E-state index is 0.0953. The second-order valence-electron chi connectivity index (χ2n) is 6.97. The molecule has 0 saturated carbocycles. The van der Waals surface area contributed by atoms with Crippen LogP contribution in [0, 0.1) is 12.8 Å². The smallest absolute Gasteiger partial charge is 0.174 e. The highest BCUT2D eigenvalue weighted by molar-refractivity contribution is 7.99. The van der Waals surface area contributed by atoms with E-state index in [1.807, 2.05) is 67.6 Å². The molecule has 0 saturated heterocycles. The van der Waals surface area contributed by atoms with Gasteiger partial charge >= 0.3 is 0 Å². The minimum Gasteiger partial charge on any atom is -0.299 e. The van der Waals surface area contributed by atoms with Crippen LogP contribution in [0.15, 0.2) is 82.6 Å². The molecule has 1 aliphatic heterocycles. The fraction of sp³-hybridized carbons (Fsp3) is 0.167. The maximum atomic E-state index is 13.4. The highest BCUT2D eigenvalue weighted by atomic mass is 32.2. The molecule has 27 heavy (non-hydrogen) atoms. The third-order valence-corrected chi connectivity index (χ3v) is 6.30. The number of carbonyl (C=O) groups excluding carboxylic acids is 2. The van der Waals surface area contributed by atoms with Crippen LogP contribution in [-0.4, -0.2) is 11.6 Å². The Hall–Kier alpha value is -2.65. The second kappa shape index (κ2) is 7.16. The quantitative estimate of drug-likeness (QED) is 0.436. The van der Waals surface area contributed by atoms with Crippen molar-refractivity contribution < 1.29 is 9.59 Å². The number of hydrogen-bond acceptors (Lipinski definition) is 3. The zero-order valence-corrected chi connectivity index (χ0v) is 16.1. The third-order valence-electron chi connectivity index (χ3n) is 5.12. The molecule has 0 unspecified atom stereocenters. The van der Waals surface area contributed by atoms with Crippen LogP contribution < -0.4 is 0 Å². The van der Waals surface area contributed by atoms with E-state index in [1.165, 1.54) is 6.92 Å². The SMILES string of the molecule is CC(=O)[C@H](C(=O)c1ccc(C)cc1)C1c2ccccc2Sc2ccccc21. The van der Waals surface area contributed by atoms with Gasteiger partial charge in [0, 0.05) is 21.3 Å². The molecule has 0 radical (unpaired) electrons. The molecule has 0 N–H and O–H groups in total. The summed E-state index contributed by atoms with van der Waals surface area (Å²) in [6.07, 6.45) is 0. The maximum absolute atomic E-state index is 13.4. The molecule has 1 heterocycles. The summed E-state index contributed by atoms with van der Waals surface area (Å²) >= 11 is 1.70. The number of aryl methyl sites for hydroxylation is 1. The topological polar surface area (TPSA) is 34.1 Å². The van der Waals surface area contributed by atoms with Crippen LogP contribution in [0.5, 0.6) is 0 Å². The van der Waals surface area contributed by atoms with Gasteiger partial charge in [-0.3, -0.25) is 9.59 Å². The van der Waals surface area contributed by atoms with E-state index in [0.717, 1.165) is 26.5 Å². The number of rotatable bonds is 4. The maximum Gasteiger partial charge on any atom is 0.174 e. The summed E-state index contributed by atoms with van der Waals surface area (Å²) in [4.78, 5) is 28.3. The van der Waals surface area contributed by atoms with Crippen LogP contribution in [-0.2, 0) is 4.79 Å². The van der Waals surface area contributed by atoms with Crippen molar-refractivity contribution in [2.75, 3.05) is 0 Å². The van der Waals surface area contributed by atoms with Gasteiger partial charge in [0.2, 0.25) is 0 Å². The number of Topliss-reactive ketones (excluding diaryl/α,β-unsaturated/α-hetero) is 2. The monoisotopic (exact) mass is 372 g/mol. The Balaban J connectivity index is 1.87. The number of hydrogen-bond donors (Lipinski definition) is 0. The van der Waals surface area contributed by atoms with Crippen molar-refractivity contribution in [3.63, 3.8) is 0 Å². The lowest BCUT2D eigenvalue weighted by atomic mass is 9.75. The summed E-state index contributed by atoms with van der Waals surface area (Å²) < 4.78 is 0. The predicted octanol–water partition coefficient (Wildman–Crippen LogP) is 5.68. The van der Waals surface area contributed by atoms with Gasteiger partial charge in [0.25, 0.3) is 0 Å². The lowest BCUT2D eigenvalue weighted by Crippen LogP contribution is -2.31. The van der Waals surface area contributed by atoms with E-state index in [1.54, 1.807) is 11.8 Å². The summed E-state index contributed by atoms with van der Waals surface area (Å²) in [5.41, 5.74) is 3.80. The molecule has 1 atom stereocenters. The van der Waals surface area contributed by atoms with Gasteiger partial charge in [-0.2, -0.15) is 0 Å². The Bertz CT molecular complexity index is 975. The summed E-state index contributed by atoms with van der Waals surface area (Å²) in [5, 5.41) is 0. The van der Waals surface area contributed by atoms with E-state index in [2.05, 4.69) is 12.1 Å². The van der Waals surface area contributed by atoms with E-state index in [0.29, 0.717) is 5.56 Å². The first kappa shape index (κ1) is 17.7. The van der Waals surface area contributed by atoms with E-state index in [4.69, 9.17) is 0 Å². The van der Waals surface area contributed by atoms with Gasteiger partial charge in [0.15, 0.2) is 5.78 Å². The van der Waals surface area contributed by atoms with Crippen LogP contribution >= 0.6 is 11.8 Å². The Labute approximate surface area is 163 Å². The average Bonchev–Trinajstić information content (AvgIpc) is 2.68. The fourth-order valence-electron chi connectivity index (χ4n) is 3.77. The van der Waals surface area contributed by atoms with E-state index in [9.17, 15) is 9.59 Å². The van der Waals surface area contributed by atoms with Crippen molar-refractivity contribution >= 4 is 23.3 Å². The van der Waals surface area contributed by atoms with Gasteiger partial charge < -0.3 is 0 Å². The molecule has 3 heteroatoms. The van der Waals surface area contributed by atoms with Gasteiger partial charge in [-0.15, -0.1) is 0 Å². The molecule has 0 amide bonds. The molecule has 134 valence electrons. The van der Waals surface area contributed by atoms with Crippen molar-refractivity contribution in [3.05, 3.63) is 95.1 Å². The number of fused-ring (bicyclic) bond motifs is 2. The normalized spacial score (nSPS) is 14.1. The van der Waals surface area contributed by atoms with Gasteiger partial charge in [-0.1, -0.05) is 78.0 Å². The van der Waals surface area contributed by atoms with Crippen molar-refractivity contribution in [1.29, 1.82) is 0 Å². The van der Waals surface area contributed by atoms with Crippen LogP contribution in [0.2, 0.25) is 0 Å². The number of ketones is 2. The number of benzene rings is 3. The molecule has 3 aromatic rings. The first-order chi connectivity index (χ1) is 13.1. The van der Waals surface area contributed by atoms with Crippen LogP contribution in [0.4, 0.5) is 0 Å². The van der Waals surface area contributed by atoms with E-state index in [-0.39, 0.29) is 17.5 Å². The summed E-state index contributed by atoms with van der Waals surface area (Å²) in [6.45, 7) is 3.52. The molecule has 2 nitrogen and oxygen atoms in total. The summed E-state index contributed by atoms with van der Waals surface area (Å²) in [7, 11) is 0. The minimum atomic E-state index is -0.726. The van der Waals surface area contributed by atoms with Crippen molar-refractivity contribution in [3.8, 4) is 0 Å². The number of carbonyl (C=O) groups is 2. The standard InChI is InChI=1S/C24H20O2S/c1-15-11-13-17(14-12-15)24(26)22(16(2)25)23-18-7-3-5-9-20(18)27-21-10-6-4-8-19(21)23/h3-14,22-23H,1-2H3/t22-/m0/s1. The second-order valence-corrected chi connectivity index (χ2v) is 8.06. The van der Waals surface area contributed by atoms with Crippen molar-refractivity contribution in [2.24, 2.45) is 5.92 Å². The molecule has 4 rings (SSSR count). The molecule has 1 aliphatic rings. The Morgan fingerprint density at radius 1 is 0.815 bits per heavy atom. The highest BCUT2D eigenvalue weighted by Gasteiger charge is 2.39. The van der Waals surface area contributed by atoms with E-state index < -0.39 is 5.92 Å². The molecular weight excluding hydrogens is 352 g/mol. The average molecular weight is 372 g/mol. The zero-order valence-electron chi connectivity index (χ0n) is 15.3. The highest BCUT2D eigenvalue weighted by Crippen LogP contribution is 2.49. The predicted molar refractivity (Wildman–Crippen MR) is 109 cm³/mol. The zero-order chi connectivity index (χ0) is 19.0. The van der Waals surface area contributed by atoms with Gasteiger partial charge in [0.05, 0.1) is 5.92 Å². The molecule has 0 aliphatic carbocycles. The summed E-state index contributed by atoms with van der Waals surface area (Å²) in [6, 6.07) is 23.7. The molecular formula is C24H20O2S. The third kappa shape index (κ3) is 3.24. The van der Waals surface area contributed by atoms with Gasteiger partial charge in [0.1, 0.15) is 5.78 Å². The van der Waals surface area contributed by atoms with Crippen LogP contribution in [0.1, 0.15) is 39.9 Å². The van der Waals surface area contributed by atoms with Gasteiger partial charge in [-0.05, 0) is 37.1 Å². The molecule has 0 aromatic heterocycles. The first-order valence-corrected chi connectivity index (χ1v) is 9.85. The Morgan fingerprint density at radius 3 is 1.85 bits per heavy atom. The Kier molecular flexibility index (Phi) is 4.71. The lowest BCUT2D eigenvalue weighted by molar-refractivity contribution is -0.119. The molecule has 0 spiro atoms. The first-order valence-electron chi connectivity index (χ1n) is 9.03.